The van der Waals surface area contributed by atoms with Crippen LogP contribution in [0.5, 0.6) is 6.08 Å². The van der Waals surface area contributed by atoms with Gasteiger partial charge in [0.2, 0.25) is 6.33 Å². The van der Waals surface area contributed by atoms with E-state index in [4.69, 9.17) is 0 Å². The lowest BCUT2D eigenvalue weighted by Gasteiger charge is -2.01. The van der Waals surface area contributed by atoms with Crippen LogP contribution < -0.4 is 4.74 Å². The normalized spacial score (nSPS) is 11.5. The molecular weight excluding hydrogens is 153 g/mol. The Balaban J connectivity index is 2.57. The Hall–Kier alpha value is -1.27. The summed E-state index contributed by atoms with van der Waals surface area (Å²) < 4.78 is 40.8. The van der Waals surface area contributed by atoms with E-state index in [1.54, 1.807) is 6.33 Å². The van der Waals surface area contributed by atoms with Gasteiger partial charge < -0.3 is 4.74 Å². The van der Waals surface area contributed by atoms with E-state index in [2.05, 4.69) is 19.4 Å². The molecule has 4 nitrogen and oxygen atoms in total. The van der Waals surface area contributed by atoms with Gasteiger partial charge in [-0.3, -0.25) is 4.52 Å². The molecule has 0 N–H and O–H groups in total. The topological polar surface area (TPSA) is 48.2 Å². The molecule has 7 heteroatoms. The van der Waals surface area contributed by atoms with E-state index in [0.717, 1.165) is 0 Å². The number of rotatable bonds is 1. The Morgan fingerprint density at radius 2 is 2.20 bits per heavy atom. The highest BCUT2D eigenvalue weighted by Gasteiger charge is 2.33. The molecule has 1 aromatic rings. The molecule has 0 saturated carbocycles. The van der Waals surface area contributed by atoms with Crippen molar-refractivity contribution in [3.63, 3.8) is 0 Å². The summed E-state index contributed by atoms with van der Waals surface area (Å²) in [4.78, 5) is 2.86. The molecule has 0 spiro atoms. The smallest absolute Gasteiger partial charge is 0.355 e. The van der Waals surface area contributed by atoms with Crippen LogP contribution in [0.15, 0.2) is 4.52 Å². The number of ether oxygens (including phenoxy) is 1. The summed E-state index contributed by atoms with van der Waals surface area (Å²) in [6.45, 7) is 0. The van der Waals surface area contributed by atoms with Gasteiger partial charge in [0.15, 0.2) is 0 Å². The summed E-state index contributed by atoms with van der Waals surface area (Å²) in [5, 5.41) is 2.77. The summed E-state index contributed by atoms with van der Waals surface area (Å²) >= 11 is 0. The third-order valence-corrected chi connectivity index (χ3v) is 0.509. The average molecular weight is 153 g/mol. The van der Waals surface area contributed by atoms with Crippen LogP contribution >= 0.6 is 0 Å². The second kappa shape index (κ2) is 2.16. The highest BCUT2D eigenvalue weighted by Crippen LogP contribution is 2.18. The maximum atomic E-state index is 11.3. The molecular formula is C3F3N2O2. The summed E-state index contributed by atoms with van der Waals surface area (Å²) in [7, 11) is 0. The van der Waals surface area contributed by atoms with Gasteiger partial charge in [0, 0.05) is 0 Å². The quantitative estimate of drug-likeness (QED) is 0.597. The Morgan fingerprint density at radius 3 is 2.60 bits per heavy atom. The van der Waals surface area contributed by atoms with Crippen LogP contribution in [0.25, 0.3) is 0 Å². The van der Waals surface area contributed by atoms with Gasteiger partial charge in [0.05, 0.1) is 0 Å². The maximum Gasteiger partial charge on any atom is 0.576 e. The molecule has 1 aromatic heterocycles. The van der Waals surface area contributed by atoms with Crippen LogP contribution in [0.3, 0.4) is 0 Å². The molecule has 0 unspecified atom stereocenters. The van der Waals surface area contributed by atoms with E-state index in [-0.39, 0.29) is 0 Å². The second-order valence-electron chi connectivity index (χ2n) is 1.21. The fourth-order valence-electron chi connectivity index (χ4n) is 0.282. The van der Waals surface area contributed by atoms with E-state index in [1.807, 2.05) is 0 Å². The van der Waals surface area contributed by atoms with Crippen molar-refractivity contribution in [1.29, 1.82) is 0 Å². The molecule has 1 heterocycles. The third kappa shape index (κ3) is 1.92. The van der Waals surface area contributed by atoms with Crippen LogP contribution in [-0.4, -0.2) is 16.5 Å². The number of hydrogen-bond acceptors (Lipinski definition) is 4. The Labute approximate surface area is 52.6 Å². The van der Waals surface area contributed by atoms with Crippen molar-refractivity contribution < 1.29 is 22.4 Å². The number of alkyl halides is 3. The molecule has 1 rings (SSSR count). The third-order valence-electron chi connectivity index (χ3n) is 0.509. The molecule has 0 amide bonds. The van der Waals surface area contributed by atoms with Crippen molar-refractivity contribution in [3.8, 4) is 6.08 Å². The number of aromatic nitrogens is 2. The monoisotopic (exact) mass is 153 g/mol. The van der Waals surface area contributed by atoms with Crippen LogP contribution in [-0.2, 0) is 0 Å². The Morgan fingerprint density at radius 1 is 1.50 bits per heavy atom. The summed E-state index contributed by atoms with van der Waals surface area (Å²) in [5.74, 6) is 0. The van der Waals surface area contributed by atoms with E-state index in [9.17, 15) is 13.2 Å². The van der Waals surface area contributed by atoms with Gasteiger partial charge in [0.25, 0.3) is 0 Å². The molecule has 0 aliphatic carbocycles. The molecule has 0 saturated heterocycles. The van der Waals surface area contributed by atoms with E-state index >= 15 is 0 Å². The maximum absolute atomic E-state index is 11.3. The zero-order valence-corrected chi connectivity index (χ0v) is 4.34. The van der Waals surface area contributed by atoms with Crippen molar-refractivity contribution in [3.05, 3.63) is 6.33 Å². The summed E-state index contributed by atoms with van der Waals surface area (Å²) in [5.41, 5.74) is 0. The first-order valence-electron chi connectivity index (χ1n) is 2.03. The van der Waals surface area contributed by atoms with Gasteiger partial charge >= 0.3 is 12.4 Å². The Kier molecular flexibility index (Phi) is 1.48. The first kappa shape index (κ1) is 6.84. The minimum Gasteiger partial charge on any atom is -0.355 e. The van der Waals surface area contributed by atoms with Gasteiger partial charge in [-0.2, -0.15) is 0 Å². The molecule has 0 bridgehead atoms. The highest BCUT2D eigenvalue weighted by molar-refractivity contribution is 4.77. The van der Waals surface area contributed by atoms with Gasteiger partial charge in [-0.1, -0.05) is 0 Å². The molecule has 55 valence electrons. The minimum absolute atomic E-state index is 0.965. The second-order valence-corrected chi connectivity index (χ2v) is 1.21. The summed E-state index contributed by atoms with van der Waals surface area (Å²) in [6, 6.07) is 0. The van der Waals surface area contributed by atoms with Gasteiger partial charge in [-0.05, 0) is 5.16 Å². The molecule has 0 aliphatic rings. The number of nitrogens with zero attached hydrogens (tertiary/aromatic N) is 2. The number of halogens is 3. The first-order valence-corrected chi connectivity index (χ1v) is 2.03. The fraction of sp³-hybridized carbons (Fsp3) is 0.333. The lowest BCUT2D eigenvalue weighted by molar-refractivity contribution is -0.283. The largest absolute Gasteiger partial charge is 0.576 e. The average Bonchev–Trinajstić information content (AvgIpc) is 2.12. The van der Waals surface area contributed by atoms with Crippen molar-refractivity contribution >= 4 is 0 Å². The van der Waals surface area contributed by atoms with E-state index < -0.39 is 12.4 Å². The van der Waals surface area contributed by atoms with Gasteiger partial charge in [-0.25, -0.2) is 0 Å². The van der Waals surface area contributed by atoms with Gasteiger partial charge in [-0.15, -0.1) is 18.2 Å². The van der Waals surface area contributed by atoms with Crippen LogP contribution in [0.2, 0.25) is 0 Å². The van der Waals surface area contributed by atoms with Crippen LogP contribution in [0.4, 0.5) is 13.2 Å². The lowest BCUT2D eigenvalue weighted by atomic mass is 11.2. The predicted octanol–water partition coefficient (Wildman–Crippen LogP) is 0.768. The van der Waals surface area contributed by atoms with E-state index in [1.165, 1.54) is 0 Å². The standard InChI is InChI=1S/C3F3N2O2/c4-3(5,6)9-2-7-1-8-10-2. The number of hydrogen-bond donors (Lipinski definition) is 0. The Bertz CT molecular complexity index is 194. The summed E-state index contributed by atoms with van der Waals surface area (Å²) in [6.07, 6.45) is -4.00. The van der Waals surface area contributed by atoms with Crippen LogP contribution in [0, 0.1) is 6.33 Å². The lowest BCUT2D eigenvalue weighted by Crippen LogP contribution is -2.17. The van der Waals surface area contributed by atoms with E-state index in [0.29, 0.717) is 0 Å². The molecule has 0 aliphatic heterocycles. The molecule has 0 atom stereocenters. The minimum atomic E-state index is -4.79. The molecule has 0 fully saturated rings. The van der Waals surface area contributed by atoms with Crippen molar-refractivity contribution in [2.45, 2.75) is 6.36 Å². The van der Waals surface area contributed by atoms with Crippen molar-refractivity contribution in [1.82, 2.24) is 10.1 Å². The van der Waals surface area contributed by atoms with Gasteiger partial charge in [0.1, 0.15) is 0 Å². The molecule has 0 aromatic carbocycles. The predicted molar refractivity (Wildman–Crippen MR) is 19.8 cm³/mol. The van der Waals surface area contributed by atoms with Crippen molar-refractivity contribution in [2.75, 3.05) is 0 Å². The van der Waals surface area contributed by atoms with Crippen molar-refractivity contribution in [2.24, 2.45) is 0 Å². The highest BCUT2D eigenvalue weighted by atomic mass is 19.4. The van der Waals surface area contributed by atoms with Crippen LogP contribution in [0.1, 0.15) is 0 Å². The molecule has 1 radical (unpaired) electrons. The fourth-order valence-corrected chi connectivity index (χ4v) is 0.282. The zero-order valence-electron chi connectivity index (χ0n) is 4.34. The first-order chi connectivity index (χ1) is 4.58. The molecule has 10 heavy (non-hydrogen) atoms. The zero-order chi connectivity index (χ0) is 7.61. The SMILES string of the molecule is FC(F)(F)Oc1n[c]no1.